The van der Waals surface area contributed by atoms with Crippen molar-refractivity contribution < 1.29 is 13.2 Å². The van der Waals surface area contributed by atoms with Gasteiger partial charge in [-0.3, -0.25) is 0 Å². The highest BCUT2D eigenvalue weighted by atomic mass is 79.9. The third-order valence-electron chi connectivity index (χ3n) is 3.79. The predicted octanol–water partition coefficient (Wildman–Crippen LogP) is 2.74. The summed E-state index contributed by atoms with van der Waals surface area (Å²) < 4.78 is 43.0. The minimum Gasteiger partial charge on any atom is -0.492 e. The molecule has 0 amide bonds. The summed E-state index contributed by atoms with van der Waals surface area (Å²) in [6.45, 7) is 0.291. The Labute approximate surface area is 151 Å². The molecule has 0 bridgehead atoms. The lowest BCUT2D eigenvalue weighted by atomic mass is 10.0. The Hall–Kier alpha value is -1.55. The highest BCUT2D eigenvalue weighted by Gasteiger charge is 2.27. The number of fused-ring (bicyclic) bond motifs is 2. The van der Waals surface area contributed by atoms with Gasteiger partial charge in [-0.05, 0) is 42.3 Å². The van der Waals surface area contributed by atoms with Crippen LogP contribution in [0.4, 0.5) is 0 Å². The van der Waals surface area contributed by atoms with Crippen LogP contribution in [-0.2, 0) is 16.4 Å². The van der Waals surface area contributed by atoms with E-state index in [9.17, 15) is 8.42 Å². The number of rotatable bonds is 3. The third-order valence-corrected chi connectivity index (χ3v) is 6.38. The number of hydrogen-bond acceptors (Lipinski definition) is 6. The van der Waals surface area contributed by atoms with Gasteiger partial charge in [-0.1, -0.05) is 22.0 Å². The fourth-order valence-electron chi connectivity index (χ4n) is 2.72. The second-order valence-electron chi connectivity index (χ2n) is 5.47. The van der Waals surface area contributed by atoms with Gasteiger partial charge >= 0.3 is 0 Å². The summed E-state index contributed by atoms with van der Waals surface area (Å²) in [7, 11) is -3.71. The van der Waals surface area contributed by atoms with Crippen LogP contribution in [0.25, 0.3) is 11.0 Å². The molecule has 2 heterocycles. The lowest BCUT2D eigenvalue weighted by Gasteiger charge is -2.26. The molecule has 6 nitrogen and oxygen atoms in total. The standard InChI is InChI=1S/C15H12BrN3O3S2/c16-10-4-5-13-9(6-10)7-11(8-22-13)19-24(20,21)14-3-1-2-12-15(14)18-23-17-12/h1-6,11,19H,7-8H2. The fraction of sp³-hybridized carbons (Fsp3) is 0.200. The molecule has 1 aliphatic heterocycles. The van der Waals surface area contributed by atoms with Crippen molar-refractivity contribution in [1.82, 2.24) is 13.5 Å². The van der Waals surface area contributed by atoms with E-state index < -0.39 is 10.0 Å². The van der Waals surface area contributed by atoms with E-state index in [4.69, 9.17) is 4.74 Å². The molecule has 24 heavy (non-hydrogen) atoms. The minimum atomic E-state index is -3.71. The molecule has 3 aromatic rings. The zero-order valence-electron chi connectivity index (χ0n) is 12.3. The number of nitrogens with one attached hydrogen (secondary N) is 1. The van der Waals surface area contributed by atoms with Crippen molar-refractivity contribution >= 4 is 48.7 Å². The van der Waals surface area contributed by atoms with Crippen LogP contribution in [0.3, 0.4) is 0 Å². The second kappa shape index (κ2) is 6.07. The van der Waals surface area contributed by atoms with E-state index in [1.807, 2.05) is 18.2 Å². The van der Waals surface area contributed by atoms with Crippen LogP contribution >= 0.6 is 27.7 Å². The molecule has 124 valence electrons. The molecule has 0 aliphatic carbocycles. The maximum Gasteiger partial charge on any atom is 0.243 e. The number of halogens is 1. The van der Waals surface area contributed by atoms with Crippen LogP contribution < -0.4 is 9.46 Å². The number of benzene rings is 2. The highest BCUT2D eigenvalue weighted by molar-refractivity contribution is 9.10. The summed E-state index contributed by atoms with van der Waals surface area (Å²) in [6.07, 6.45) is 0.569. The molecule has 1 aliphatic rings. The highest BCUT2D eigenvalue weighted by Crippen LogP contribution is 2.29. The van der Waals surface area contributed by atoms with Gasteiger partial charge in [-0.25, -0.2) is 13.1 Å². The summed E-state index contributed by atoms with van der Waals surface area (Å²) in [5.74, 6) is 0.791. The summed E-state index contributed by atoms with van der Waals surface area (Å²) in [6, 6.07) is 10.3. The molecule has 2 aromatic carbocycles. The van der Waals surface area contributed by atoms with E-state index in [1.54, 1.807) is 18.2 Å². The van der Waals surface area contributed by atoms with Crippen LogP contribution in [-0.4, -0.2) is 29.8 Å². The molecular formula is C15H12BrN3O3S2. The van der Waals surface area contributed by atoms with Gasteiger partial charge in [-0.15, -0.1) is 0 Å². The van der Waals surface area contributed by atoms with Gasteiger partial charge in [0.25, 0.3) is 0 Å². The number of sulfonamides is 1. The van der Waals surface area contributed by atoms with Crippen molar-refractivity contribution in [3.05, 3.63) is 46.4 Å². The minimum absolute atomic E-state index is 0.147. The topological polar surface area (TPSA) is 81.2 Å². The normalized spacial score (nSPS) is 17.5. The molecule has 0 saturated carbocycles. The van der Waals surface area contributed by atoms with E-state index in [0.717, 1.165) is 27.5 Å². The molecule has 1 N–H and O–H groups in total. The first-order valence-electron chi connectivity index (χ1n) is 7.18. The van der Waals surface area contributed by atoms with Gasteiger partial charge in [0.2, 0.25) is 10.0 Å². The van der Waals surface area contributed by atoms with Gasteiger partial charge < -0.3 is 4.74 Å². The Balaban J connectivity index is 1.62. The quantitative estimate of drug-likeness (QED) is 0.697. The van der Waals surface area contributed by atoms with Crippen molar-refractivity contribution in [2.75, 3.05) is 6.61 Å². The molecule has 0 radical (unpaired) electrons. The molecule has 1 unspecified atom stereocenters. The van der Waals surface area contributed by atoms with Gasteiger partial charge in [-0.2, -0.15) is 8.75 Å². The largest absolute Gasteiger partial charge is 0.492 e. The Bertz CT molecular complexity index is 1020. The van der Waals surface area contributed by atoms with Crippen LogP contribution in [0.2, 0.25) is 0 Å². The molecule has 1 atom stereocenters. The van der Waals surface area contributed by atoms with E-state index in [-0.39, 0.29) is 10.9 Å². The summed E-state index contributed by atoms with van der Waals surface area (Å²) in [5.41, 5.74) is 1.95. The van der Waals surface area contributed by atoms with Crippen LogP contribution in [0.5, 0.6) is 5.75 Å². The number of aromatic nitrogens is 2. The smallest absolute Gasteiger partial charge is 0.243 e. The molecule has 4 rings (SSSR count). The molecule has 9 heteroatoms. The van der Waals surface area contributed by atoms with Crippen molar-refractivity contribution in [2.24, 2.45) is 0 Å². The summed E-state index contributed by atoms with van der Waals surface area (Å²) in [5, 5.41) is 0. The average molecular weight is 426 g/mol. The molecule has 0 saturated heterocycles. The first-order chi connectivity index (χ1) is 11.5. The fourth-order valence-corrected chi connectivity index (χ4v) is 5.12. The summed E-state index contributed by atoms with van der Waals surface area (Å²) in [4.78, 5) is 0.147. The Morgan fingerprint density at radius 1 is 1.25 bits per heavy atom. The maximum atomic E-state index is 12.8. The van der Waals surface area contributed by atoms with Crippen LogP contribution in [0.1, 0.15) is 5.56 Å². The summed E-state index contributed by atoms with van der Waals surface area (Å²) >= 11 is 4.42. The van der Waals surface area contributed by atoms with Gasteiger partial charge in [0.15, 0.2) is 0 Å². The zero-order valence-corrected chi connectivity index (χ0v) is 15.5. The van der Waals surface area contributed by atoms with Crippen molar-refractivity contribution in [3.8, 4) is 5.75 Å². The average Bonchev–Trinajstić information content (AvgIpc) is 3.02. The van der Waals surface area contributed by atoms with Crippen LogP contribution in [0, 0.1) is 0 Å². The van der Waals surface area contributed by atoms with Crippen molar-refractivity contribution in [1.29, 1.82) is 0 Å². The maximum absolute atomic E-state index is 12.8. The zero-order chi connectivity index (χ0) is 16.7. The first kappa shape index (κ1) is 15.9. The van der Waals surface area contributed by atoms with Crippen molar-refractivity contribution in [3.63, 3.8) is 0 Å². The molecule has 1 aromatic heterocycles. The Morgan fingerprint density at radius 3 is 3.00 bits per heavy atom. The van der Waals surface area contributed by atoms with Crippen molar-refractivity contribution in [2.45, 2.75) is 17.4 Å². The third kappa shape index (κ3) is 2.92. The monoisotopic (exact) mass is 425 g/mol. The van der Waals surface area contributed by atoms with Gasteiger partial charge in [0.1, 0.15) is 28.3 Å². The Morgan fingerprint density at radius 2 is 2.12 bits per heavy atom. The SMILES string of the molecule is O=S(=O)(NC1COc2ccc(Br)cc2C1)c1cccc2nsnc12. The van der Waals surface area contributed by atoms with Gasteiger partial charge in [0.05, 0.1) is 17.8 Å². The molecule has 0 spiro atoms. The van der Waals surface area contributed by atoms with E-state index in [0.29, 0.717) is 24.1 Å². The van der Waals surface area contributed by atoms with Gasteiger partial charge in [0, 0.05) is 4.47 Å². The lowest BCUT2D eigenvalue weighted by molar-refractivity contribution is 0.254. The molecule has 0 fully saturated rings. The molecular weight excluding hydrogens is 414 g/mol. The first-order valence-corrected chi connectivity index (χ1v) is 10.2. The number of hydrogen-bond donors (Lipinski definition) is 1. The predicted molar refractivity (Wildman–Crippen MR) is 94.9 cm³/mol. The Kier molecular flexibility index (Phi) is 4.03. The number of ether oxygens (including phenoxy) is 1. The van der Waals surface area contributed by atoms with Crippen LogP contribution in [0.15, 0.2) is 45.8 Å². The lowest BCUT2D eigenvalue weighted by Crippen LogP contribution is -2.42. The van der Waals surface area contributed by atoms with E-state index in [2.05, 4.69) is 29.4 Å². The van der Waals surface area contributed by atoms with E-state index >= 15 is 0 Å². The number of nitrogens with zero attached hydrogens (tertiary/aromatic N) is 2. The second-order valence-corrected chi connectivity index (χ2v) is 8.60. The van der Waals surface area contributed by atoms with E-state index in [1.165, 1.54) is 0 Å².